The Morgan fingerprint density at radius 3 is 0.919 bits per heavy atom. The lowest BCUT2D eigenvalue weighted by molar-refractivity contribution is 0.212. The van der Waals surface area contributed by atoms with Gasteiger partial charge in [-0.3, -0.25) is 31.1 Å². The topological polar surface area (TPSA) is 623 Å². The average molecular weight is 1900 g/mol. The highest BCUT2D eigenvalue weighted by molar-refractivity contribution is 7.86. The Kier molecular flexibility index (Phi) is 30.4. The van der Waals surface area contributed by atoms with Gasteiger partial charge in [-0.2, -0.15) is 102 Å². The molecule has 0 aliphatic rings. The molecule has 43 nitrogen and oxygen atoms in total. The molecule has 0 amide bonds. The summed E-state index contributed by atoms with van der Waals surface area (Å²) in [6.07, 6.45) is 4.16. The third-order valence-electron chi connectivity index (χ3n) is 15.1. The van der Waals surface area contributed by atoms with Crippen LogP contribution in [0.5, 0.6) is 0 Å². The Morgan fingerprint density at radius 2 is 0.618 bits per heavy atom. The fourth-order valence-electron chi connectivity index (χ4n) is 9.97. The normalized spacial score (nSPS) is 12.5. The Hall–Kier alpha value is -12.0. The second kappa shape index (κ2) is 40.8. The molecule has 3 unspecified atom stereocenters. The van der Waals surface area contributed by atoms with E-state index in [1.54, 1.807) is 72.8 Å². The number of nitrogens with one attached hydrogen (secondary N) is 9. The Bertz CT molecular complexity index is 6570. The van der Waals surface area contributed by atoms with Crippen molar-refractivity contribution in [2.75, 3.05) is 67.7 Å². The number of benzene rings is 8. The third-order valence-corrected chi connectivity index (χ3v) is 22.6. The Balaban J connectivity index is 0.000000245. The predicted molar refractivity (Wildman–Crippen MR) is 454 cm³/mol. The fourth-order valence-corrected chi connectivity index (χ4v) is 15.3. The van der Waals surface area contributed by atoms with Crippen LogP contribution in [0.1, 0.15) is 24.5 Å². The molecule has 12 rings (SSSR count). The van der Waals surface area contributed by atoms with Crippen molar-refractivity contribution in [3.8, 4) is 0 Å². The molecule has 0 radical (unpaired) electrons. The van der Waals surface area contributed by atoms with Crippen LogP contribution in [0.4, 0.5) is 105 Å². The minimum Gasteiger partial charge on any atom is -0.406 e. The van der Waals surface area contributed by atoms with E-state index in [1.807, 2.05) is 6.92 Å². The largest absolute Gasteiger partial charge is 0.406 e. The van der Waals surface area contributed by atoms with Gasteiger partial charge in [0.05, 0.1) is 50.6 Å². The molecule has 0 fully saturated rings. The van der Waals surface area contributed by atoms with Crippen LogP contribution in [-0.4, -0.2) is 157 Å². The number of anilines is 18. The van der Waals surface area contributed by atoms with Crippen molar-refractivity contribution in [2.24, 2.45) is 0 Å². The monoisotopic (exact) mass is 1900 g/mol. The van der Waals surface area contributed by atoms with Crippen LogP contribution in [0, 0.1) is 0 Å². The zero-order chi connectivity index (χ0) is 88.4. The molecular formula is C69H60Cl3N21O22S8. The average Bonchev–Trinajstić information content (AvgIpc) is 0.776. The summed E-state index contributed by atoms with van der Waals surface area (Å²) in [5.41, 5.74) is 2.74. The smallest absolute Gasteiger partial charge is 0.397 e. The Labute approximate surface area is 721 Å². The van der Waals surface area contributed by atoms with Gasteiger partial charge in [0.25, 0.3) is 40.5 Å². The van der Waals surface area contributed by atoms with Gasteiger partial charge < -0.3 is 52.0 Å². The lowest BCUT2D eigenvalue weighted by atomic mass is 10.1. The fraction of sp³-hybridized carbons (Fsp3) is 0.0725. The number of hydrogen-bond acceptors (Lipinski definition) is 38. The predicted octanol–water partition coefficient (Wildman–Crippen LogP) is 12.4. The number of hydrogen-bond donors (Lipinski definition) is 14. The molecule has 4 aromatic heterocycles. The molecule has 4 heterocycles. The highest BCUT2D eigenvalue weighted by Crippen LogP contribution is 2.32. The van der Waals surface area contributed by atoms with E-state index in [1.165, 1.54) is 109 Å². The van der Waals surface area contributed by atoms with Crippen LogP contribution < -0.4 is 47.9 Å². The zero-order valence-electron chi connectivity index (χ0n) is 62.0. The Morgan fingerprint density at radius 1 is 0.341 bits per heavy atom. The SMILES string of the molecule is C=COS(=O)c1ccc(Nc2nc(Cl)nc(Nc3cccc(Nc4nc(Nc5cccc(S(=O)(=O)O)c5)nc(Nc5cccc(S(=O)(=O)O)c5)n4)c3)n2)cc1.CCCOS(=O)c1ccc(Nc2nc(Cl)nc(Nc3ccc(/C=C/c4ccc(Nc5nc(Cl)nc(Nc6ccc(S(=O)OCCOS(=O)(=O)O)cc6)n5)cc4S(=O)(=O)O)c(S(=O)(=O)O)c3)n2)cc1. The van der Waals surface area contributed by atoms with Crippen LogP contribution in [0.2, 0.25) is 15.9 Å². The molecule has 12 aromatic rings. The maximum Gasteiger partial charge on any atom is 0.397 e. The van der Waals surface area contributed by atoms with E-state index in [4.69, 9.17) is 51.9 Å². The van der Waals surface area contributed by atoms with Gasteiger partial charge in [0.1, 0.15) is 9.79 Å². The van der Waals surface area contributed by atoms with Gasteiger partial charge >= 0.3 is 10.4 Å². The summed E-state index contributed by atoms with van der Waals surface area (Å²) in [5, 5.41) is 25.5. The van der Waals surface area contributed by atoms with Gasteiger partial charge in [-0.1, -0.05) is 56.0 Å². The van der Waals surface area contributed by atoms with E-state index in [2.05, 4.69) is 118 Å². The second-order valence-electron chi connectivity index (χ2n) is 24.0. The van der Waals surface area contributed by atoms with Crippen LogP contribution >= 0.6 is 34.8 Å². The van der Waals surface area contributed by atoms with Gasteiger partial charge in [-0.15, -0.1) is 0 Å². The molecule has 8 aromatic carbocycles. The third kappa shape index (κ3) is 28.0. The van der Waals surface area contributed by atoms with E-state index < -0.39 is 107 Å². The molecule has 0 bridgehead atoms. The van der Waals surface area contributed by atoms with Crippen LogP contribution in [0.25, 0.3) is 12.2 Å². The van der Waals surface area contributed by atoms with Gasteiger partial charge in [-0.05, 0) is 204 Å². The summed E-state index contributed by atoms with van der Waals surface area (Å²) in [6.45, 7) is 4.63. The number of nitrogens with zero attached hydrogens (tertiary/aromatic N) is 12. The molecule has 14 N–H and O–H groups in total. The van der Waals surface area contributed by atoms with Crippen molar-refractivity contribution in [3.05, 3.63) is 222 Å². The van der Waals surface area contributed by atoms with E-state index in [-0.39, 0.29) is 118 Å². The summed E-state index contributed by atoms with van der Waals surface area (Å²) >= 11 is 13.1. The minimum atomic E-state index is -4.93. The molecule has 0 aliphatic carbocycles. The number of halogens is 3. The molecule has 123 heavy (non-hydrogen) atoms. The van der Waals surface area contributed by atoms with Crippen LogP contribution in [0.15, 0.2) is 229 Å². The first-order valence-electron chi connectivity index (χ1n) is 34.1. The highest BCUT2D eigenvalue weighted by Gasteiger charge is 2.22. The number of aromatic nitrogens is 12. The molecule has 0 saturated carbocycles. The molecule has 642 valence electrons. The zero-order valence-corrected chi connectivity index (χ0v) is 70.8. The first-order valence-corrected chi connectivity index (χ1v) is 45.6. The van der Waals surface area contributed by atoms with E-state index >= 15 is 0 Å². The van der Waals surface area contributed by atoms with Crippen molar-refractivity contribution < 1.29 is 94.2 Å². The van der Waals surface area contributed by atoms with Crippen molar-refractivity contribution in [2.45, 2.75) is 47.6 Å². The molecule has 0 spiro atoms. The summed E-state index contributed by atoms with van der Waals surface area (Å²) in [6, 6.07) is 43.5. The summed E-state index contributed by atoms with van der Waals surface area (Å²) in [5.74, 6) is -0.371. The molecule has 0 aliphatic heterocycles. The standard InChI is InChI=1S/C37H34Cl2N10O14S5.C32H26ClN11O8S3/c1-2-17-61-64(50)28-13-9-24(10-14-28)40-34-44-32(38)46-36(48-34)42-26-7-5-22(30(20-26)66(52,53)54)3-4-23-6-8-27(21-31(23)67(55,56)57)43-37-47-33(39)45-35(49-37)41-25-11-15-29(16-12-25)65(51)62-18-19-63-68(58,59)60;1-2-52-53(45)24-14-12-19(13-15-24)34-28-39-27(33)40-29(41-28)35-20-6-3-7-21(16-20)36-30-42-31(37-22-8-4-10-25(17-22)54(46,47)48)44-32(43-30)38-23-9-5-11-26(18-23)55(49,50)51/h3-16,20-21H,2,17-19H2,1H3,(H,52,53,54)(H,55,56,57)(H,58,59,60)(H2,40,42,44,46,48)(H2,41,43,45,47,49);2-18H,1H2,(H,46,47,48)(H,49,50,51)(H2,34,35,39,40,41)(H3,36,37,38,42,43,44)/b4-3+;. The second-order valence-corrected chi connectivity index (χ2v) is 35.2. The van der Waals surface area contributed by atoms with Gasteiger partial charge in [0, 0.05) is 51.2 Å². The van der Waals surface area contributed by atoms with Crippen LogP contribution in [-0.2, 0) is 101 Å². The highest BCUT2D eigenvalue weighted by atomic mass is 35.5. The van der Waals surface area contributed by atoms with E-state index in [0.717, 1.165) is 18.4 Å². The van der Waals surface area contributed by atoms with Crippen LogP contribution in [0.3, 0.4) is 0 Å². The van der Waals surface area contributed by atoms with E-state index in [0.29, 0.717) is 51.3 Å². The number of rotatable bonds is 37. The minimum absolute atomic E-state index is 0.00832. The van der Waals surface area contributed by atoms with Gasteiger partial charge in [0.15, 0.2) is 22.2 Å². The van der Waals surface area contributed by atoms with Crippen molar-refractivity contribution in [1.82, 2.24) is 59.8 Å². The van der Waals surface area contributed by atoms with Gasteiger partial charge in [-0.25, -0.2) is 16.8 Å². The maximum absolute atomic E-state index is 12.6. The van der Waals surface area contributed by atoms with Crippen molar-refractivity contribution >= 4 is 236 Å². The summed E-state index contributed by atoms with van der Waals surface area (Å²) in [7, 11) is -23.6. The first kappa shape index (κ1) is 91.8. The molecule has 0 saturated heterocycles. The molecule has 54 heteroatoms. The molecular weight excluding hydrogens is 1840 g/mol. The summed E-state index contributed by atoms with van der Waals surface area (Å²) < 4.78 is 222. The quantitative estimate of drug-likeness (QED) is 0.00744. The lowest BCUT2D eigenvalue weighted by Gasteiger charge is -2.13. The van der Waals surface area contributed by atoms with Crippen molar-refractivity contribution in [1.29, 1.82) is 0 Å². The lowest BCUT2D eigenvalue weighted by Crippen LogP contribution is -2.11. The first-order chi connectivity index (χ1) is 58.3. The molecule has 3 atom stereocenters. The van der Waals surface area contributed by atoms with Gasteiger partial charge in [0.2, 0.25) is 80.5 Å². The van der Waals surface area contributed by atoms with Crippen molar-refractivity contribution in [3.63, 3.8) is 0 Å². The maximum atomic E-state index is 12.6. The van der Waals surface area contributed by atoms with E-state index in [9.17, 15) is 72.9 Å². The summed E-state index contributed by atoms with van der Waals surface area (Å²) in [4.78, 5) is 49.2.